The number of aromatic nitrogens is 1. The van der Waals surface area contributed by atoms with Crippen LogP contribution in [0.5, 0.6) is 17.2 Å². The number of hydrogen-bond donors (Lipinski definition) is 1. The molecule has 1 heterocycles. The Kier molecular flexibility index (Phi) is 5.93. The molecule has 0 saturated heterocycles. The molecule has 0 saturated carbocycles. The molecule has 7 heteroatoms. The molecule has 0 unspecified atom stereocenters. The van der Waals surface area contributed by atoms with Gasteiger partial charge in [-0.1, -0.05) is 30.3 Å². The molecule has 0 fully saturated rings. The van der Waals surface area contributed by atoms with Crippen LogP contribution in [0.1, 0.15) is 16.1 Å². The number of thiazole rings is 1. The second-order valence-corrected chi connectivity index (χ2v) is 6.46. The maximum Gasteiger partial charge on any atom is 0.251 e. The minimum atomic E-state index is -0.247. The predicted molar refractivity (Wildman–Crippen MR) is 105 cm³/mol. The fraction of sp³-hybridized carbons (Fsp3) is 0.200. The summed E-state index contributed by atoms with van der Waals surface area (Å²) in [4.78, 5) is 17.1. The van der Waals surface area contributed by atoms with Gasteiger partial charge in [-0.2, -0.15) is 0 Å². The van der Waals surface area contributed by atoms with E-state index < -0.39 is 0 Å². The Morgan fingerprint density at radius 2 is 1.70 bits per heavy atom. The van der Waals surface area contributed by atoms with Crippen LogP contribution in [0.3, 0.4) is 0 Å². The van der Waals surface area contributed by atoms with Gasteiger partial charge < -0.3 is 19.5 Å². The van der Waals surface area contributed by atoms with Gasteiger partial charge in [-0.3, -0.25) is 4.79 Å². The largest absolute Gasteiger partial charge is 0.493 e. The van der Waals surface area contributed by atoms with Crippen LogP contribution in [0.2, 0.25) is 0 Å². The molecule has 0 aliphatic rings. The Balaban J connectivity index is 1.72. The van der Waals surface area contributed by atoms with E-state index in [4.69, 9.17) is 14.2 Å². The van der Waals surface area contributed by atoms with E-state index in [-0.39, 0.29) is 5.91 Å². The van der Waals surface area contributed by atoms with Crippen LogP contribution >= 0.6 is 11.3 Å². The Bertz CT molecular complexity index is 900. The Labute approximate surface area is 161 Å². The van der Waals surface area contributed by atoms with Crippen LogP contribution in [0.15, 0.2) is 47.8 Å². The number of carbonyl (C=O) groups is 1. The third kappa shape index (κ3) is 4.20. The van der Waals surface area contributed by atoms with Gasteiger partial charge in [0.15, 0.2) is 11.5 Å². The first-order valence-electron chi connectivity index (χ1n) is 8.24. The van der Waals surface area contributed by atoms with Gasteiger partial charge in [-0.25, -0.2) is 4.98 Å². The molecule has 1 aromatic heterocycles. The summed E-state index contributed by atoms with van der Waals surface area (Å²) in [7, 11) is 4.55. The number of carbonyl (C=O) groups excluding carboxylic acids is 1. The van der Waals surface area contributed by atoms with Crippen molar-refractivity contribution in [3.05, 3.63) is 59.1 Å². The van der Waals surface area contributed by atoms with Gasteiger partial charge >= 0.3 is 0 Å². The van der Waals surface area contributed by atoms with E-state index in [2.05, 4.69) is 10.3 Å². The van der Waals surface area contributed by atoms with Crippen LogP contribution in [0, 0.1) is 0 Å². The number of nitrogens with zero attached hydrogens (tertiary/aromatic N) is 1. The molecule has 3 aromatic rings. The molecule has 140 valence electrons. The van der Waals surface area contributed by atoms with Crippen LogP contribution in [-0.2, 0) is 6.54 Å². The van der Waals surface area contributed by atoms with E-state index in [1.807, 2.05) is 35.7 Å². The second kappa shape index (κ2) is 8.55. The van der Waals surface area contributed by atoms with Crippen LogP contribution < -0.4 is 19.5 Å². The van der Waals surface area contributed by atoms with E-state index in [0.717, 1.165) is 16.3 Å². The summed E-state index contributed by atoms with van der Waals surface area (Å²) in [5.74, 6) is 1.07. The average molecular weight is 384 g/mol. The first-order chi connectivity index (χ1) is 13.2. The van der Waals surface area contributed by atoms with Gasteiger partial charge in [-0.05, 0) is 12.1 Å². The monoisotopic (exact) mass is 384 g/mol. The zero-order valence-electron chi connectivity index (χ0n) is 15.3. The number of amides is 1. The van der Waals surface area contributed by atoms with Gasteiger partial charge in [0.05, 0.1) is 33.6 Å². The quantitative estimate of drug-likeness (QED) is 0.672. The zero-order valence-corrected chi connectivity index (χ0v) is 16.1. The number of ether oxygens (including phenoxy) is 3. The summed E-state index contributed by atoms with van der Waals surface area (Å²) in [6, 6.07) is 13.2. The third-order valence-corrected chi connectivity index (χ3v) is 4.87. The summed E-state index contributed by atoms with van der Waals surface area (Å²) < 4.78 is 15.9. The second-order valence-electron chi connectivity index (χ2n) is 5.61. The molecule has 1 amide bonds. The molecule has 2 aromatic carbocycles. The molecule has 0 aliphatic heterocycles. The maximum absolute atomic E-state index is 12.5. The van der Waals surface area contributed by atoms with Gasteiger partial charge in [-0.15, -0.1) is 11.3 Å². The molecular formula is C20H20N2O4S. The van der Waals surface area contributed by atoms with Gasteiger partial charge in [0, 0.05) is 16.5 Å². The van der Waals surface area contributed by atoms with Gasteiger partial charge in [0.2, 0.25) is 5.75 Å². The minimum Gasteiger partial charge on any atom is -0.493 e. The lowest BCUT2D eigenvalue weighted by molar-refractivity contribution is 0.0949. The highest BCUT2D eigenvalue weighted by Gasteiger charge is 2.17. The number of methoxy groups -OCH3 is 3. The van der Waals surface area contributed by atoms with Crippen molar-refractivity contribution in [1.29, 1.82) is 0 Å². The molecular weight excluding hydrogens is 364 g/mol. The lowest BCUT2D eigenvalue weighted by Gasteiger charge is -2.13. The summed E-state index contributed by atoms with van der Waals surface area (Å²) >= 11 is 1.55. The standard InChI is InChI=1S/C20H20N2O4S/c1-24-16-9-14(10-17(25-2)18(16)26-3)19(23)21-11-15-12-27-20(22-15)13-7-5-4-6-8-13/h4-10,12H,11H2,1-3H3,(H,21,23). The molecule has 1 N–H and O–H groups in total. The van der Waals surface area contributed by atoms with Crippen molar-refractivity contribution < 1.29 is 19.0 Å². The molecule has 0 spiro atoms. The normalized spacial score (nSPS) is 10.3. The molecule has 0 atom stereocenters. The van der Waals surface area contributed by atoms with E-state index in [9.17, 15) is 4.79 Å². The summed E-state index contributed by atoms with van der Waals surface area (Å²) in [5, 5.41) is 5.74. The zero-order chi connectivity index (χ0) is 19.2. The molecule has 6 nitrogen and oxygen atoms in total. The van der Waals surface area contributed by atoms with Crippen molar-refractivity contribution >= 4 is 17.2 Å². The maximum atomic E-state index is 12.5. The first-order valence-corrected chi connectivity index (χ1v) is 9.12. The Morgan fingerprint density at radius 1 is 1.04 bits per heavy atom. The van der Waals surface area contributed by atoms with Crippen molar-refractivity contribution in [1.82, 2.24) is 10.3 Å². The van der Waals surface area contributed by atoms with Gasteiger partial charge in [0.25, 0.3) is 5.91 Å². The van der Waals surface area contributed by atoms with E-state index in [1.54, 1.807) is 23.5 Å². The van der Waals surface area contributed by atoms with Gasteiger partial charge in [0.1, 0.15) is 5.01 Å². The topological polar surface area (TPSA) is 69.7 Å². The lowest BCUT2D eigenvalue weighted by atomic mass is 10.1. The highest BCUT2D eigenvalue weighted by atomic mass is 32.1. The van der Waals surface area contributed by atoms with Crippen LogP contribution in [-0.4, -0.2) is 32.2 Å². The average Bonchev–Trinajstić information content (AvgIpc) is 3.20. The predicted octanol–water partition coefficient (Wildman–Crippen LogP) is 3.77. The molecule has 0 radical (unpaired) electrons. The molecule has 3 rings (SSSR count). The molecule has 0 bridgehead atoms. The highest BCUT2D eigenvalue weighted by molar-refractivity contribution is 7.13. The summed E-state index contributed by atoms with van der Waals surface area (Å²) in [6.45, 7) is 0.332. The number of benzene rings is 2. The Hall–Kier alpha value is -3.06. The fourth-order valence-electron chi connectivity index (χ4n) is 2.59. The van der Waals surface area contributed by atoms with Crippen molar-refractivity contribution in [2.24, 2.45) is 0 Å². The summed E-state index contributed by atoms with van der Waals surface area (Å²) in [5.41, 5.74) is 2.28. The number of hydrogen-bond acceptors (Lipinski definition) is 6. The SMILES string of the molecule is COc1cc(C(=O)NCc2csc(-c3ccccc3)n2)cc(OC)c1OC. The fourth-order valence-corrected chi connectivity index (χ4v) is 3.41. The molecule has 0 aliphatic carbocycles. The van der Waals surface area contributed by atoms with E-state index in [0.29, 0.717) is 29.4 Å². The first kappa shape index (κ1) is 18.7. The van der Waals surface area contributed by atoms with Crippen molar-refractivity contribution in [3.8, 4) is 27.8 Å². The number of nitrogens with one attached hydrogen (secondary N) is 1. The lowest BCUT2D eigenvalue weighted by Crippen LogP contribution is -2.23. The minimum absolute atomic E-state index is 0.247. The van der Waals surface area contributed by atoms with E-state index in [1.165, 1.54) is 21.3 Å². The van der Waals surface area contributed by atoms with Crippen molar-refractivity contribution in [2.45, 2.75) is 6.54 Å². The smallest absolute Gasteiger partial charge is 0.251 e. The number of rotatable bonds is 7. The van der Waals surface area contributed by atoms with Crippen LogP contribution in [0.25, 0.3) is 10.6 Å². The summed E-state index contributed by atoms with van der Waals surface area (Å²) in [6.07, 6.45) is 0. The van der Waals surface area contributed by atoms with Crippen LogP contribution in [0.4, 0.5) is 0 Å². The molecule has 27 heavy (non-hydrogen) atoms. The third-order valence-electron chi connectivity index (χ3n) is 3.93. The van der Waals surface area contributed by atoms with E-state index >= 15 is 0 Å². The highest BCUT2D eigenvalue weighted by Crippen LogP contribution is 2.38. The van der Waals surface area contributed by atoms with Crippen molar-refractivity contribution in [2.75, 3.05) is 21.3 Å². The van der Waals surface area contributed by atoms with Crippen molar-refractivity contribution in [3.63, 3.8) is 0 Å². The Morgan fingerprint density at radius 3 is 2.30 bits per heavy atom.